The number of aromatic nitrogens is 1. The van der Waals surface area contributed by atoms with Gasteiger partial charge < -0.3 is 4.42 Å². The molecule has 0 bridgehead atoms. The van der Waals surface area contributed by atoms with Crippen molar-refractivity contribution in [3.63, 3.8) is 0 Å². The van der Waals surface area contributed by atoms with Crippen LogP contribution in [0.1, 0.15) is 26.2 Å². The lowest BCUT2D eigenvalue weighted by molar-refractivity contribution is 0.411. The van der Waals surface area contributed by atoms with E-state index in [1.807, 2.05) is 0 Å². The molecule has 0 amide bonds. The number of nitrogens with zero attached hydrogens (tertiary/aromatic N) is 1. The predicted octanol–water partition coefficient (Wildman–Crippen LogP) is 2.21. The summed E-state index contributed by atoms with van der Waals surface area (Å²) in [4.78, 5) is 22.9. The van der Waals surface area contributed by atoms with Crippen molar-refractivity contribution in [1.82, 2.24) is 4.57 Å². The molecule has 0 aliphatic heterocycles. The van der Waals surface area contributed by atoms with Gasteiger partial charge in [0.25, 0.3) is 0 Å². The van der Waals surface area contributed by atoms with Crippen LogP contribution in [0.15, 0.2) is 25.5 Å². The highest BCUT2D eigenvalue weighted by Crippen LogP contribution is 2.15. The number of rotatable bonds is 4. The molecule has 0 aliphatic rings. The Bertz CT molecular complexity index is 593. The monoisotopic (exact) mass is 239 g/mol. The van der Waals surface area contributed by atoms with E-state index in [1.165, 1.54) is 11.3 Å². The van der Waals surface area contributed by atoms with Gasteiger partial charge in [-0.1, -0.05) is 19.8 Å². The van der Waals surface area contributed by atoms with Crippen molar-refractivity contribution < 1.29 is 4.42 Å². The summed E-state index contributed by atoms with van der Waals surface area (Å²) >= 11 is 1.31. The lowest BCUT2D eigenvalue weighted by Gasteiger charge is -2.04. The predicted molar refractivity (Wildman–Crippen MR) is 64.1 cm³/mol. The molecule has 0 radical (unpaired) electrons. The summed E-state index contributed by atoms with van der Waals surface area (Å²) in [6.07, 6.45) is 3.09. The molecule has 0 fully saturated rings. The maximum Gasteiger partial charge on any atom is 0.422 e. The fourth-order valence-corrected chi connectivity index (χ4v) is 2.45. The first kappa shape index (κ1) is 11.1. The molecule has 0 saturated heterocycles. The molecule has 86 valence electrons. The summed E-state index contributed by atoms with van der Waals surface area (Å²) in [5, 5.41) is 1.80. The number of fused-ring (bicyclic) bond motifs is 1. The fourth-order valence-electron chi connectivity index (χ4n) is 1.68. The van der Waals surface area contributed by atoms with Gasteiger partial charge >= 0.3 is 11.4 Å². The highest BCUT2D eigenvalue weighted by Gasteiger charge is 2.09. The molecule has 0 saturated carbocycles. The van der Waals surface area contributed by atoms with Crippen LogP contribution in [0.25, 0.3) is 10.2 Å². The molecule has 4 nitrogen and oxygen atoms in total. The van der Waals surface area contributed by atoms with Crippen molar-refractivity contribution in [2.75, 3.05) is 0 Å². The van der Waals surface area contributed by atoms with Crippen LogP contribution in [0, 0.1) is 0 Å². The summed E-state index contributed by atoms with van der Waals surface area (Å²) in [5.41, 5.74) is 0.170. The van der Waals surface area contributed by atoms with Gasteiger partial charge in [0.05, 0.1) is 5.52 Å². The molecule has 0 aliphatic carbocycles. The van der Waals surface area contributed by atoms with E-state index in [2.05, 4.69) is 11.3 Å². The van der Waals surface area contributed by atoms with Crippen molar-refractivity contribution in [2.24, 2.45) is 0 Å². The normalized spacial score (nSPS) is 11.1. The fraction of sp³-hybridized carbons (Fsp3) is 0.455. The summed E-state index contributed by atoms with van der Waals surface area (Å²) in [7, 11) is 0. The highest BCUT2D eigenvalue weighted by molar-refractivity contribution is 7.17. The van der Waals surface area contributed by atoms with E-state index in [0.717, 1.165) is 19.3 Å². The largest absolute Gasteiger partial charge is 0.422 e. The van der Waals surface area contributed by atoms with E-state index >= 15 is 0 Å². The molecule has 2 aromatic heterocycles. The van der Waals surface area contributed by atoms with Crippen LogP contribution in [0.2, 0.25) is 0 Å². The van der Waals surface area contributed by atoms with E-state index in [4.69, 9.17) is 0 Å². The van der Waals surface area contributed by atoms with Crippen LogP contribution >= 0.6 is 11.3 Å². The Labute approximate surface area is 96.1 Å². The number of thiophene rings is 1. The molecule has 16 heavy (non-hydrogen) atoms. The van der Waals surface area contributed by atoms with Gasteiger partial charge in [0.15, 0.2) is 0 Å². The van der Waals surface area contributed by atoms with Crippen LogP contribution < -0.4 is 11.4 Å². The molecule has 0 spiro atoms. The van der Waals surface area contributed by atoms with Gasteiger partial charge in [-0.3, -0.25) is 4.57 Å². The number of hydrogen-bond acceptors (Lipinski definition) is 4. The van der Waals surface area contributed by atoms with E-state index in [-0.39, 0.29) is 0 Å². The summed E-state index contributed by atoms with van der Waals surface area (Å²) < 4.78 is 6.74. The molecule has 0 N–H and O–H groups in total. The van der Waals surface area contributed by atoms with Crippen LogP contribution in [0.3, 0.4) is 0 Å². The zero-order valence-electron chi connectivity index (χ0n) is 9.06. The van der Waals surface area contributed by atoms with Crippen molar-refractivity contribution in [3.05, 3.63) is 32.4 Å². The molecule has 0 aromatic carbocycles. The lowest BCUT2D eigenvalue weighted by Crippen LogP contribution is -2.24. The van der Waals surface area contributed by atoms with Crippen LogP contribution in [-0.4, -0.2) is 4.57 Å². The zero-order chi connectivity index (χ0) is 11.5. The van der Waals surface area contributed by atoms with Gasteiger partial charge in [0.2, 0.25) is 0 Å². The summed E-state index contributed by atoms with van der Waals surface area (Å²) in [6, 6.07) is 1.80. The zero-order valence-corrected chi connectivity index (χ0v) is 9.88. The third kappa shape index (κ3) is 1.95. The Morgan fingerprint density at radius 2 is 2.19 bits per heavy atom. The second-order valence-electron chi connectivity index (χ2n) is 3.65. The van der Waals surface area contributed by atoms with Gasteiger partial charge in [-0.15, -0.1) is 11.3 Å². The quantitative estimate of drug-likeness (QED) is 0.769. The first-order valence-electron chi connectivity index (χ1n) is 5.35. The van der Waals surface area contributed by atoms with Gasteiger partial charge in [-0.2, -0.15) is 0 Å². The van der Waals surface area contributed by atoms with Crippen LogP contribution in [-0.2, 0) is 6.54 Å². The van der Waals surface area contributed by atoms with Crippen molar-refractivity contribution in [1.29, 1.82) is 0 Å². The molecule has 5 heteroatoms. The first-order valence-corrected chi connectivity index (χ1v) is 6.23. The van der Waals surface area contributed by atoms with E-state index in [9.17, 15) is 9.59 Å². The second-order valence-corrected chi connectivity index (χ2v) is 4.57. The smallest absolute Gasteiger partial charge is 0.371 e. The average Bonchev–Trinajstić information content (AvgIpc) is 2.72. The number of unbranched alkanes of at least 4 members (excludes halogenated alkanes) is 2. The summed E-state index contributed by atoms with van der Waals surface area (Å²) in [6.45, 7) is 2.72. The molecule has 0 atom stereocenters. The lowest BCUT2D eigenvalue weighted by atomic mass is 10.2. The maximum atomic E-state index is 11.5. The van der Waals surface area contributed by atoms with E-state index < -0.39 is 11.4 Å². The third-order valence-corrected chi connectivity index (χ3v) is 3.39. The van der Waals surface area contributed by atoms with Crippen molar-refractivity contribution in [2.45, 2.75) is 32.7 Å². The molecular weight excluding hydrogens is 226 g/mol. The van der Waals surface area contributed by atoms with Gasteiger partial charge in [0, 0.05) is 6.54 Å². The molecule has 2 heterocycles. The third-order valence-electron chi connectivity index (χ3n) is 2.51. The van der Waals surface area contributed by atoms with E-state index in [0.29, 0.717) is 16.8 Å². The number of hydrogen-bond donors (Lipinski definition) is 0. The maximum absolute atomic E-state index is 11.5. The van der Waals surface area contributed by atoms with Crippen LogP contribution in [0.5, 0.6) is 0 Å². The first-order chi connectivity index (χ1) is 7.74. The molecular formula is C11H13NO3S. The average molecular weight is 239 g/mol. The van der Waals surface area contributed by atoms with Gasteiger partial charge in [-0.25, -0.2) is 9.59 Å². The Balaban J connectivity index is 2.47. The van der Waals surface area contributed by atoms with Crippen LogP contribution in [0.4, 0.5) is 0 Å². The standard InChI is InChI=1S/C11H13NO3S/c1-2-3-4-6-12-8-5-7-16-9(8)10(13)15-11(12)14/h5,7H,2-4,6H2,1H3. The van der Waals surface area contributed by atoms with E-state index in [1.54, 1.807) is 16.0 Å². The van der Waals surface area contributed by atoms with Gasteiger partial charge in [-0.05, 0) is 17.9 Å². The minimum atomic E-state index is -0.549. The number of aryl methyl sites for hydroxylation is 1. The minimum absolute atomic E-state index is 0.524. The highest BCUT2D eigenvalue weighted by atomic mass is 32.1. The van der Waals surface area contributed by atoms with Gasteiger partial charge in [0.1, 0.15) is 4.70 Å². The Kier molecular flexibility index (Phi) is 3.24. The Hall–Kier alpha value is -1.36. The molecule has 2 aromatic rings. The Morgan fingerprint density at radius 1 is 1.38 bits per heavy atom. The molecule has 2 rings (SSSR count). The Morgan fingerprint density at radius 3 is 2.94 bits per heavy atom. The topological polar surface area (TPSA) is 52.2 Å². The summed E-state index contributed by atoms with van der Waals surface area (Å²) in [5.74, 6) is -0.549. The van der Waals surface area contributed by atoms with Crippen molar-refractivity contribution in [3.8, 4) is 0 Å². The minimum Gasteiger partial charge on any atom is -0.371 e. The van der Waals surface area contributed by atoms with Crippen molar-refractivity contribution >= 4 is 21.6 Å². The molecule has 0 unspecified atom stereocenters. The second kappa shape index (κ2) is 4.65. The SMILES string of the molecule is CCCCCn1c(=O)oc(=O)c2sccc21.